The lowest BCUT2D eigenvalue weighted by molar-refractivity contribution is -0.138. The van der Waals surface area contributed by atoms with Crippen molar-refractivity contribution < 1.29 is 28.6 Å². The maximum absolute atomic E-state index is 11.9. The van der Waals surface area contributed by atoms with Crippen molar-refractivity contribution in [1.29, 1.82) is 0 Å². The van der Waals surface area contributed by atoms with E-state index >= 15 is 0 Å². The van der Waals surface area contributed by atoms with Crippen LogP contribution in [0.5, 0.6) is 5.88 Å². The van der Waals surface area contributed by atoms with Gasteiger partial charge < -0.3 is 19.0 Å². The Bertz CT molecular complexity index is 1090. The molecule has 0 spiro atoms. The molecule has 1 aromatic carbocycles. The van der Waals surface area contributed by atoms with Crippen molar-refractivity contribution >= 4 is 29.1 Å². The van der Waals surface area contributed by atoms with Gasteiger partial charge in [0.15, 0.2) is 0 Å². The molecule has 0 fully saturated rings. The van der Waals surface area contributed by atoms with E-state index in [0.29, 0.717) is 41.1 Å². The number of rotatable bonds is 11. The Hall–Kier alpha value is -3.68. The highest BCUT2D eigenvalue weighted by molar-refractivity contribution is 5.99. The highest BCUT2D eigenvalue weighted by Gasteiger charge is 2.21. The lowest BCUT2D eigenvalue weighted by atomic mass is 10.1. The smallest absolute Gasteiger partial charge is 0.330 e. The first-order valence-corrected chi connectivity index (χ1v) is 10.6. The molecule has 0 aliphatic heterocycles. The van der Waals surface area contributed by atoms with E-state index in [4.69, 9.17) is 19.0 Å². The molecule has 8 heteroatoms. The molecule has 1 N–H and O–H groups in total. The van der Waals surface area contributed by atoms with Crippen LogP contribution in [-0.4, -0.2) is 39.7 Å². The molecule has 32 heavy (non-hydrogen) atoms. The number of furan rings is 1. The molecule has 2 heterocycles. The molecule has 8 nitrogen and oxygen atoms in total. The molecule has 0 saturated carbocycles. The second-order valence-electron chi connectivity index (χ2n) is 7.22. The fourth-order valence-electron chi connectivity index (χ4n) is 3.28. The van der Waals surface area contributed by atoms with E-state index in [9.17, 15) is 9.59 Å². The second kappa shape index (κ2) is 11.1. The molecule has 0 aliphatic carbocycles. The molecule has 2 aromatic heterocycles. The summed E-state index contributed by atoms with van der Waals surface area (Å²) in [5.74, 6) is -0.385. The average molecular weight is 438 g/mol. The third-order valence-electron chi connectivity index (χ3n) is 4.76. The molecule has 0 aliphatic rings. The first-order chi connectivity index (χ1) is 15.5. The highest BCUT2D eigenvalue weighted by atomic mass is 16.5. The molecule has 0 amide bonds. The zero-order chi connectivity index (χ0) is 22.9. The van der Waals surface area contributed by atoms with Crippen LogP contribution in [0.15, 0.2) is 47.2 Å². The molecule has 0 radical (unpaired) electrons. The van der Waals surface area contributed by atoms with E-state index in [2.05, 4.69) is 9.97 Å². The van der Waals surface area contributed by atoms with E-state index in [0.717, 1.165) is 12.0 Å². The van der Waals surface area contributed by atoms with E-state index in [-0.39, 0.29) is 19.1 Å². The van der Waals surface area contributed by atoms with Crippen LogP contribution in [0.2, 0.25) is 0 Å². The van der Waals surface area contributed by atoms with Gasteiger partial charge in [0.1, 0.15) is 17.5 Å². The Kier molecular flexibility index (Phi) is 7.96. The monoisotopic (exact) mass is 438 g/mol. The third-order valence-corrected chi connectivity index (χ3v) is 4.76. The van der Waals surface area contributed by atoms with Gasteiger partial charge in [-0.2, -0.15) is 0 Å². The van der Waals surface area contributed by atoms with Crippen LogP contribution < -0.4 is 4.74 Å². The first-order valence-electron chi connectivity index (χ1n) is 10.6. The number of carbonyl (C=O) groups is 2. The van der Waals surface area contributed by atoms with E-state index < -0.39 is 11.9 Å². The maximum Gasteiger partial charge on any atom is 0.330 e. The maximum atomic E-state index is 11.9. The van der Waals surface area contributed by atoms with Crippen LogP contribution in [0.3, 0.4) is 0 Å². The number of carboxylic acid groups (broad SMARTS) is 1. The van der Waals surface area contributed by atoms with Crippen molar-refractivity contribution in [2.24, 2.45) is 0 Å². The number of ether oxygens (including phenoxy) is 2. The summed E-state index contributed by atoms with van der Waals surface area (Å²) < 4.78 is 17.1. The summed E-state index contributed by atoms with van der Waals surface area (Å²) in [5.41, 5.74) is 1.78. The fourth-order valence-corrected chi connectivity index (χ4v) is 3.28. The van der Waals surface area contributed by atoms with E-state index in [1.54, 1.807) is 13.0 Å². The zero-order valence-electron chi connectivity index (χ0n) is 18.1. The van der Waals surface area contributed by atoms with Gasteiger partial charge in [-0.1, -0.05) is 30.3 Å². The Morgan fingerprint density at radius 2 is 1.97 bits per heavy atom. The van der Waals surface area contributed by atoms with Crippen molar-refractivity contribution in [3.05, 3.63) is 48.3 Å². The summed E-state index contributed by atoms with van der Waals surface area (Å²) in [5, 5.41) is 9.34. The predicted octanol–water partition coefficient (Wildman–Crippen LogP) is 4.88. The Labute approximate surface area is 185 Å². The van der Waals surface area contributed by atoms with Gasteiger partial charge in [0.25, 0.3) is 0 Å². The Balaban J connectivity index is 1.95. The van der Waals surface area contributed by atoms with Crippen LogP contribution in [0, 0.1) is 0 Å². The fraction of sp³-hybridized carbons (Fsp3) is 0.333. The minimum atomic E-state index is -0.805. The second-order valence-corrected chi connectivity index (χ2v) is 7.22. The molecule has 0 bridgehead atoms. The van der Waals surface area contributed by atoms with Gasteiger partial charge in [-0.15, -0.1) is 0 Å². The van der Waals surface area contributed by atoms with Gasteiger partial charge in [0, 0.05) is 23.6 Å². The van der Waals surface area contributed by atoms with Crippen LogP contribution in [0.1, 0.15) is 45.1 Å². The molecule has 0 saturated heterocycles. The van der Waals surface area contributed by atoms with Gasteiger partial charge in [0.05, 0.1) is 12.7 Å². The summed E-state index contributed by atoms with van der Waals surface area (Å²) in [4.78, 5) is 31.2. The van der Waals surface area contributed by atoms with Crippen LogP contribution >= 0.6 is 0 Å². The topological polar surface area (TPSA) is 112 Å². The molecule has 3 rings (SSSR count). The van der Waals surface area contributed by atoms with Crippen molar-refractivity contribution in [2.45, 2.75) is 45.6 Å². The SMILES string of the molecule is CCOC(=O)C=Cc1c(-c2ccccc2)oc2ncnc(O[C@H](C)CCCCC(=O)O)c12. The normalized spacial score (nSPS) is 12.2. The standard InChI is InChI=1S/C24H26N2O6/c1-3-30-20(29)14-13-18-21-23(31-16(2)9-7-8-12-19(27)28)25-15-26-24(21)32-22(18)17-10-5-4-6-11-17/h4-6,10-11,13-16H,3,7-9,12H2,1-2H3,(H,27,28)/t16-/m1/s1. The molecule has 1 atom stereocenters. The molecule has 0 unspecified atom stereocenters. The minimum Gasteiger partial charge on any atom is -0.481 e. The van der Waals surface area contributed by atoms with Crippen LogP contribution in [0.4, 0.5) is 0 Å². The number of hydrogen-bond acceptors (Lipinski definition) is 7. The number of hydrogen-bond donors (Lipinski definition) is 1. The number of fused-ring (bicyclic) bond motifs is 1. The van der Waals surface area contributed by atoms with Crippen LogP contribution in [-0.2, 0) is 14.3 Å². The lowest BCUT2D eigenvalue weighted by Crippen LogP contribution is -2.13. The number of esters is 1. The van der Waals surface area contributed by atoms with Crippen molar-refractivity contribution in [3.63, 3.8) is 0 Å². The number of carboxylic acids is 1. The van der Waals surface area contributed by atoms with E-state index in [1.807, 2.05) is 37.3 Å². The first kappa shape index (κ1) is 23.0. The van der Waals surface area contributed by atoms with Crippen molar-refractivity contribution in [3.8, 4) is 17.2 Å². The number of benzene rings is 1. The quantitative estimate of drug-likeness (QED) is 0.256. The lowest BCUT2D eigenvalue weighted by Gasteiger charge is -2.14. The molecular weight excluding hydrogens is 412 g/mol. The summed E-state index contributed by atoms with van der Waals surface area (Å²) in [6.07, 6.45) is 6.25. The average Bonchev–Trinajstić information content (AvgIpc) is 3.16. The zero-order valence-corrected chi connectivity index (χ0v) is 18.1. The predicted molar refractivity (Wildman–Crippen MR) is 119 cm³/mol. The number of aliphatic carboxylic acids is 1. The minimum absolute atomic E-state index is 0.134. The number of aromatic nitrogens is 2. The Morgan fingerprint density at radius 3 is 2.69 bits per heavy atom. The van der Waals surface area contributed by atoms with Gasteiger partial charge in [0.2, 0.25) is 11.6 Å². The molecule has 168 valence electrons. The summed E-state index contributed by atoms with van der Waals surface area (Å²) >= 11 is 0. The van der Waals surface area contributed by atoms with E-state index in [1.165, 1.54) is 12.4 Å². The van der Waals surface area contributed by atoms with Crippen molar-refractivity contribution in [1.82, 2.24) is 9.97 Å². The van der Waals surface area contributed by atoms with Gasteiger partial charge >= 0.3 is 11.9 Å². The number of unbranched alkanes of at least 4 members (excludes halogenated alkanes) is 1. The Morgan fingerprint density at radius 1 is 1.19 bits per heavy atom. The van der Waals surface area contributed by atoms with Gasteiger partial charge in [-0.25, -0.2) is 14.8 Å². The molecular formula is C24H26N2O6. The molecule has 3 aromatic rings. The van der Waals surface area contributed by atoms with Gasteiger partial charge in [-0.3, -0.25) is 4.79 Å². The van der Waals surface area contributed by atoms with Gasteiger partial charge in [-0.05, 0) is 39.2 Å². The largest absolute Gasteiger partial charge is 0.481 e. The van der Waals surface area contributed by atoms with Crippen molar-refractivity contribution in [2.75, 3.05) is 6.61 Å². The highest BCUT2D eigenvalue weighted by Crippen LogP contribution is 2.38. The summed E-state index contributed by atoms with van der Waals surface area (Å²) in [7, 11) is 0. The summed E-state index contributed by atoms with van der Waals surface area (Å²) in [6, 6.07) is 9.49. The third kappa shape index (κ3) is 5.94. The number of carbonyl (C=O) groups excluding carboxylic acids is 1. The number of nitrogens with zero attached hydrogens (tertiary/aromatic N) is 2. The van der Waals surface area contributed by atoms with Crippen LogP contribution in [0.25, 0.3) is 28.5 Å². The summed E-state index contributed by atoms with van der Waals surface area (Å²) in [6.45, 7) is 3.92.